The third-order valence-electron chi connectivity index (χ3n) is 7.32. The van der Waals surface area contributed by atoms with E-state index in [-0.39, 0.29) is 29.6 Å². The zero-order valence-electron chi connectivity index (χ0n) is 20.1. The van der Waals surface area contributed by atoms with Gasteiger partial charge in [-0.05, 0) is 48.2 Å². The molecule has 2 aromatic carbocycles. The lowest BCUT2D eigenvalue weighted by Gasteiger charge is -2.57. The molecule has 2 aliphatic rings. The first-order valence-electron chi connectivity index (χ1n) is 12.0. The minimum Gasteiger partial charge on any atom is -0.497 e. The molecule has 2 fully saturated rings. The molecule has 35 heavy (non-hydrogen) atoms. The first-order valence-corrected chi connectivity index (χ1v) is 13.5. The summed E-state index contributed by atoms with van der Waals surface area (Å²) in [7, 11) is -0.255. The molecule has 1 aromatic heterocycles. The summed E-state index contributed by atoms with van der Waals surface area (Å²) in [6, 6.07) is 16.3. The maximum Gasteiger partial charge on any atom is 0.262 e. The molecule has 186 valence electrons. The number of aryl methyl sites for hydroxylation is 1. The second kappa shape index (κ2) is 9.73. The van der Waals surface area contributed by atoms with E-state index in [0.29, 0.717) is 13.1 Å². The van der Waals surface area contributed by atoms with E-state index in [0.717, 1.165) is 41.8 Å². The molecule has 8 nitrogen and oxygen atoms in total. The predicted molar refractivity (Wildman–Crippen MR) is 134 cm³/mol. The number of ether oxygens (including phenoxy) is 1. The summed E-state index contributed by atoms with van der Waals surface area (Å²) in [5.74, 6) is 0.865. The lowest BCUT2D eigenvalue weighted by Crippen LogP contribution is -2.67. The Labute approximate surface area is 206 Å². The van der Waals surface area contributed by atoms with E-state index in [9.17, 15) is 13.5 Å². The fourth-order valence-electron chi connectivity index (χ4n) is 5.48. The van der Waals surface area contributed by atoms with Crippen molar-refractivity contribution in [3.63, 3.8) is 0 Å². The van der Waals surface area contributed by atoms with Crippen LogP contribution in [0.25, 0.3) is 11.1 Å². The summed E-state index contributed by atoms with van der Waals surface area (Å²) in [5, 5.41) is 10.3. The average molecular weight is 497 g/mol. The van der Waals surface area contributed by atoms with E-state index in [1.807, 2.05) is 24.3 Å². The largest absolute Gasteiger partial charge is 0.497 e. The Morgan fingerprint density at radius 1 is 1.09 bits per heavy atom. The van der Waals surface area contributed by atoms with Gasteiger partial charge in [0.25, 0.3) is 10.0 Å². The van der Waals surface area contributed by atoms with Gasteiger partial charge in [0.2, 0.25) is 0 Å². The first-order chi connectivity index (χ1) is 16.9. The van der Waals surface area contributed by atoms with E-state index in [1.165, 1.54) is 6.33 Å². The fraction of sp³-hybridized carbons (Fsp3) is 0.423. The molecular weight excluding hydrogens is 464 g/mol. The Hall–Kier alpha value is -2.72. The highest BCUT2D eigenvalue weighted by atomic mass is 32.2. The number of fused-ring (bicyclic) bond motifs is 1. The molecule has 0 radical (unpaired) electrons. The molecule has 5 rings (SSSR count). The molecule has 0 spiro atoms. The lowest BCUT2D eigenvalue weighted by molar-refractivity contribution is -0.0554. The van der Waals surface area contributed by atoms with Crippen LogP contribution < -0.4 is 4.74 Å². The second-order valence-corrected chi connectivity index (χ2v) is 11.3. The molecule has 3 heterocycles. The van der Waals surface area contributed by atoms with Crippen molar-refractivity contribution in [3.05, 3.63) is 66.6 Å². The van der Waals surface area contributed by atoms with Gasteiger partial charge in [0.15, 0.2) is 5.03 Å². The number of aliphatic hydroxyl groups is 1. The van der Waals surface area contributed by atoms with Crippen molar-refractivity contribution in [2.45, 2.75) is 35.9 Å². The zero-order chi connectivity index (χ0) is 24.6. The number of rotatable bonds is 6. The van der Waals surface area contributed by atoms with Crippen LogP contribution in [0.15, 0.2) is 66.1 Å². The van der Waals surface area contributed by atoms with Gasteiger partial charge in [0, 0.05) is 44.3 Å². The Morgan fingerprint density at radius 2 is 1.86 bits per heavy atom. The van der Waals surface area contributed by atoms with Crippen LogP contribution in [0, 0.1) is 0 Å². The van der Waals surface area contributed by atoms with Crippen molar-refractivity contribution >= 4 is 10.0 Å². The van der Waals surface area contributed by atoms with Crippen molar-refractivity contribution < 1.29 is 18.3 Å². The van der Waals surface area contributed by atoms with E-state index >= 15 is 0 Å². The fourth-order valence-corrected chi connectivity index (χ4v) is 6.94. The Morgan fingerprint density at radius 3 is 2.54 bits per heavy atom. The SMILES string of the molecule is COc1cccc(-c2ccc([C@@H]3[C@@H](CO)N4CCCCN(S(=O)(=O)c5cn(C)cn5)C[C@H]34)cc2)c1. The van der Waals surface area contributed by atoms with Crippen LogP contribution in [0.3, 0.4) is 0 Å². The molecule has 2 saturated heterocycles. The van der Waals surface area contributed by atoms with Gasteiger partial charge in [0.1, 0.15) is 5.75 Å². The minimum absolute atomic E-state index is 0.00797. The van der Waals surface area contributed by atoms with Gasteiger partial charge < -0.3 is 14.4 Å². The summed E-state index contributed by atoms with van der Waals surface area (Å²) in [5.41, 5.74) is 3.28. The number of hydrogen-bond acceptors (Lipinski definition) is 6. The Balaban J connectivity index is 1.41. The molecule has 3 aromatic rings. The van der Waals surface area contributed by atoms with E-state index in [2.05, 4.69) is 34.1 Å². The van der Waals surface area contributed by atoms with Gasteiger partial charge >= 0.3 is 0 Å². The van der Waals surface area contributed by atoms with E-state index < -0.39 is 10.0 Å². The molecule has 3 atom stereocenters. The van der Waals surface area contributed by atoms with Crippen LogP contribution >= 0.6 is 0 Å². The summed E-state index contributed by atoms with van der Waals surface area (Å²) in [6.07, 6.45) is 4.75. The number of nitrogens with zero attached hydrogens (tertiary/aromatic N) is 4. The van der Waals surface area contributed by atoms with E-state index in [4.69, 9.17) is 4.74 Å². The molecule has 0 saturated carbocycles. The molecule has 0 amide bonds. The monoisotopic (exact) mass is 496 g/mol. The molecular formula is C26H32N4O4S. The molecule has 0 unspecified atom stereocenters. The number of hydrogen-bond donors (Lipinski definition) is 1. The number of imidazole rings is 1. The van der Waals surface area contributed by atoms with Crippen LogP contribution in [0.5, 0.6) is 5.75 Å². The van der Waals surface area contributed by atoms with Crippen LogP contribution in [0.1, 0.15) is 24.3 Å². The summed E-state index contributed by atoms with van der Waals surface area (Å²) >= 11 is 0. The first kappa shape index (κ1) is 24.0. The Kier molecular flexibility index (Phi) is 6.67. The molecule has 9 heteroatoms. The summed E-state index contributed by atoms with van der Waals surface area (Å²) < 4.78 is 35.3. The average Bonchev–Trinajstić information content (AvgIpc) is 3.30. The van der Waals surface area contributed by atoms with Gasteiger partial charge in [-0.3, -0.25) is 4.90 Å². The van der Waals surface area contributed by atoms with Crippen molar-refractivity contribution in [3.8, 4) is 16.9 Å². The van der Waals surface area contributed by atoms with E-state index in [1.54, 1.807) is 29.2 Å². The number of aromatic nitrogens is 2. The van der Waals surface area contributed by atoms with Gasteiger partial charge in [-0.25, -0.2) is 13.4 Å². The van der Waals surface area contributed by atoms with Crippen molar-refractivity contribution in [2.24, 2.45) is 7.05 Å². The standard InChI is InChI=1S/C26H32N4O4S/c1-28-16-25(27-18-28)35(32,33)29-12-3-4-13-30-23(15-29)26(24(30)17-31)20-10-8-19(9-11-20)21-6-5-7-22(14-21)34-2/h5-11,14,16,18,23-24,26,31H,3-4,12-13,15,17H2,1-2H3/t23-,24-,26+/m1/s1. The summed E-state index contributed by atoms with van der Waals surface area (Å²) in [4.78, 5) is 6.39. The van der Waals surface area contributed by atoms with Crippen molar-refractivity contribution in [1.82, 2.24) is 18.8 Å². The molecule has 1 N–H and O–H groups in total. The highest BCUT2D eigenvalue weighted by Gasteiger charge is 2.50. The highest BCUT2D eigenvalue weighted by Crippen LogP contribution is 2.43. The molecule has 2 aliphatic heterocycles. The normalized spacial score (nSPS) is 23.7. The number of aliphatic hydroxyl groups excluding tert-OH is 1. The van der Waals surface area contributed by atoms with Crippen molar-refractivity contribution in [2.75, 3.05) is 33.4 Å². The van der Waals surface area contributed by atoms with Gasteiger partial charge in [0.05, 0.1) is 20.0 Å². The summed E-state index contributed by atoms with van der Waals surface area (Å²) in [6.45, 7) is 1.78. The van der Waals surface area contributed by atoms with Crippen LogP contribution in [0.2, 0.25) is 0 Å². The topological polar surface area (TPSA) is 87.9 Å². The number of sulfonamides is 1. The quantitative estimate of drug-likeness (QED) is 0.565. The third kappa shape index (κ3) is 4.49. The third-order valence-corrected chi connectivity index (χ3v) is 9.07. The number of methoxy groups -OCH3 is 1. The Bertz CT molecular complexity index is 1270. The zero-order valence-corrected chi connectivity index (χ0v) is 20.9. The minimum atomic E-state index is -3.68. The molecule has 0 aliphatic carbocycles. The van der Waals surface area contributed by atoms with Crippen molar-refractivity contribution in [1.29, 1.82) is 0 Å². The van der Waals surface area contributed by atoms with Crippen LogP contribution in [-0.4, -0.2) is 77.7 Å². The van der Waals surface area contributed by atoms with Gasteiger partial charge in [-0.1, -0.05) is 36.4 Å². The number of benzene rings is 2. The van der Waals surface area contributed by atoms with Crippen LogP contribution in [0.4, 0.5) is 0 Å². The predicted octanol–water partition coefficient (Wildman–Crippen LogP) is 2.71. The van der Waals surface area contributed by atoms with Gasteiger partial charge in [-0.2, -0.15) is 4.31 Å². The maximum atomic E-state index is 13.4. The van der Waals surface area contributed by atoms with Gasteiger partial charge in [-0.15, -0.1) is 0 Å². The molecule has 0 bridgehead atoms. The smallest absolute Gasteiger partial charge is 0.262 e. The lowest BCUT2D eigenvalue weighted by atomic mass is 9.74. The maximum absolute atomic E-state index is 13.4. The van der Waals surface area contributed by atoms with Crippen LogP contribution in [-0.2, 0) is 17.1 Å². The second-order valence-electron chi connectivity index (χ2n) is 9.38. The highest BCUT2D eigenvalue weighted by molar-refractivity contribution is 7.89.